The molecule has 7 rings (SSSR count). The van der Waals surface area contributed by atoms with Crippen molar-refractivity contribution in [3.63, 3.8) is 0 Å². The fourth-order valence-electron chi connectivity index (χ4n) is 5.08. The zero-order chi connectivity index (χ0) is 29.2. The highest BCUT2D eigenvalue weighted by Gasteiger charge is 2.20. The summed E-state index contributed by atoms with van der Waals surface area (Å²) in [4.78, 5) is 30.3. The molecule has 11 heteroatoms. The van der Waals surface area contributed by atoms with E-state index in [1.807, 2.05) is 58.4 Å². The van der Waals surface area contributed by atoms with E-state index in [-0.39, 0.29) is 5.91 Å². The summed E-state index contributed by atoms with van der Waals surface area (Å²) in [6.45, 7) is 3.27. The number of halogens is 1. The van der Waals surface area contributed by atoms with Crippen molar-refractivity contribution in [2.24, 2.45) is 0 Å². The molecule has 9 nitrogen and oxygen atoms in total. The summed E-state index contributed by atoms with van der Waals surface area (Å²) in [6.07, 6.45) is 3.72. The Kier molecular flexibility index (Phi) is 7.46. The zero-order valence-electron chi connectivity index (χ0n) is 22.9. The lowest BCUT2D eigenvalue weighted by molar-refractivity contribution is 0.102. The molecule has 214 valence electrons. The predicted octanol–water partition coefficient (Wildman–Crippen LogP) is 7.01. The van der Waals surface area contributed by atoms with Crippen LogP contribution in [-0.4, -0.2) is 51.6 Å². The van der Waals surface area contributed by atoms with Gasteiger partial charge < -0.3 is 20.3 Å². The van der Waals surface area contributed by atoms with Gasteiger partial charge in [0.25, 0.3) is 5.91 Å². The molecule has 6 aromatic rings. The van der Waals surface area contributed by atoms with Gasteiger partial charge in [0.1, 0.15) is 5.69 Å². The Morgan fingerprint density at radius 1 is 0.930 bits per heavy atom. The minimum atomic E-state index is -0.279. The highest BCUT2D eigenvalue weighted by molar-refractivity contribution is 7.15. The molecular weight excluding hydrogens is 582 g/mol. The minimum absolute atomic E-state index is 0.279. The number of amides is 1. The van der Waals surface area contributed by atoms with Gasteiger partial charge in [0.15, 0.2) is 4.96 Å². The maximum atomic E-state index is 12.9. The molecule has 0 radical (unpaired) electrons. The van der Waals surface area contributed by atoms with E-state index < -0.39 is 0 Å². The Hall–Kier alpha value is -4.77. The van der Waals surface area contributed by atoms with Crippen LogP contribution in [0.25, 0.3) is 27.6 Å². The van der Waals surface area contributed by atoms with Gasteiger partial charge in [0.05, 0.1) is 35.2 Å². The van der Waals surface area contributed by atoms with Crippen LogP contribution in [0.2, 0.25) is 5.02 Å². The number of carbonyl (C=O) groups excluding carboxylic acids is 1. The summed E-state index contributed by atoms with van der Waals surface area (Å²) in [5, 5.41) is 8.68. The number of nitrogens with zero attached hydrogens (tertiary/aromatic N) is 5. The largest absolute Gasteiger partial charge is 0.378 e. The molecule has 0 atom stereocenters. The molecular formula is C32H26ClN7O2S. The molecule has 0 unspecified atom stereocenters. The van der Waals surface area contributed by atoms with Crippen molar-refractivity contribution >= 4 is 56.8 Å². The summed E-state index contributed by atoms with van der Waals surface area (Å²) in [5.41, 5.74) is 6.25. The number of hydrogen-bond acceptors (Lipinski definition) is 8. The molecule has 1 aliphatic heterocycles. The van der Waals surface area contributed by atoms with Crippen LogP contribution in [0.3, 0.4) is 0 Å². The van der Waals surface area contributed by atoms with Gasteiger partial charge in [-0.15, -0.1) is 11.3 Å². The lowest BCUT2D eigenvalue weighted by Crippen LogP contribution is -2.36. The number of hydrogen-bond donors (Lipinski definition) is 2. The fourth-order valence-corrected chi connectivity index (χ4v) is 6.01. The van der Waals surface area contributed by atoms with E-state index in [1.54, 1.807) is 41.8 Å². The second-order valence-corrected chi connectivity index (χ2v) is 11.2. The van der Waals surface area contributed by atoms with Gasteiger partial charge >= 0.3 is 0 Å². The van der Waals surface area contributed by atoms with Crippen molar-refractivity contribution in [3.05, 3.63) is 107 Å². The summed E-state index contributed by atoms with van der Waals surface area (Å²) in [7, 11) is 0. The van der Waals surface area contributed by atoms with Gasteiger partial charge in [0.2, 0.25) is 5.95 Å². The standard InChI is InChI=1S/C32H26ClN7O2S/c33-26-7-2-1-6-25(26)30(41)35-23-5-3-4-21(20-23)28-29(40-16-19-43-32(40)38-28)27-12-13-34-31(37-27)36-22-8-10-24(11-9-22)39-14-17-42-18-15-39/h1-13,16,19-20H,14-15,17-18H2,(H,35,41)(H,34,36,37). The molecule has 3 aromatic carbocycles. The number of thiazole rings is 1. The number of aromatic nitrogens is 4. The molecule has 0 bridgehead atoms. The Bertz CT molecular complexity index is 1920. The Morgan fingerprint density at radius 3 is 2.60 bits per heavy atom. The number of carbonyl (C=O) groups is 1. The highest BCUT2D eigenvalue weighted by atomic mass is 35.5. The molecule has 0 saturated carbocycles. The monoisotopic (exact) mass is 607 g/mol. The number of benzene rings is 3. The number of morpholine rings is 1. The highest BCUT2D eigenvalue weighted by Crippen LogP contribution is 2.35. The first-order chi connectivity index (χ1) is 21.1. The van der Waals surface area contributed by atoms with Gasteiger partial charge in [-0.1, -0.05) is 35.9 Å². The maximum absolute atomic E-state index is 12.9. The Morgan fingerprint density at radius 2 is 1.77 bits per heavy atom. The molecule has 1 amide bonds. The van der Waals surface area contributed by atoms with Gasteiger partial charge in [-0.2, -0.15) is 0 Å². The van der Waals surface area contributed by atoms with Crippen LogP contribution in [0.4, 0.5) is 23.0 Å². The Balaban J connectivity index is 1.17. The van der Waals surface area contributed by atoms with Crippen LogP contribution < -0.4 is 15.5 Å². The average molecular weight is 608 g/mol. The van der Waals surface area contributed by atoms with Gasteiger partial charge in [-0.05, 0) is 54.6 Å². The third kappa shape index (κ3) is 5.68. The third-order valence-corrected chi connectivity index (χ3v) is 8.26. The molecule has 1 saturated heterocycles. The molecule has 1 aliphatic rings. The number of imidazole rings is 1. The minimum Gasteiger partial charge on any atom is -0.378 e. The topological polar surface area (TPSA) is 96.7 Å². The third-order valence-electron chi connectivity index (χ3n) is 7.17. The second-order valence-electron chi connectivity index (χ2n) is 9.92. The van der Waals surface area contributed by atoms with Crippen molar-refractivity contribution in [1.82, 2.24) is 19.4 Å². The quantitative estimate of drug-likeness (QED) is 0.202. The average Bonchev–Trinajstić information content (AvgIpc) is 3.64. The van der Waals surface area contributed by atoms with E-state index in [0.29, 0.717) is 27.9 Å². The van der Waals surface area contributed by atoms with Crippen molar-refractivity contribution < 1.29 is 9.53 Å². The fraction of sp³-hybridized carbons (Fsp3) is 0.125. The lowest BCUT2D eigenvalue weighted by atomic mass is 10.1. The number of anilines is 4. The summed E-state index contributed by atoms with van der Waals surface area (Å²) < 4.78 is 7.49. The van der Waals surface area contributed by atoms with E-state index in [9.17, 15) is 4.79 Å². The number of rotatable bonds is 7. The van der Waals surface area contributed by atoms with E-state index in [1.165, 1.54) is 0 Å². The summed E-state index contributed by atoms with van der Waals surface area (Å²) in [5.74, 6) is 0.201. The Labute approximate surface area is 256 Å². The number of ether oxygens (including phenoxy) is 1. The molecule has 2 N–H and O–H groups in total. The number of fused-ring (bicyclic) bond motifs is 1. The van der Waals surface area contributed by atoms with E-state index in [0.717, 1.165) is 59.6 Å². The summed E-state index contributed by atoms with van der Waals surface area (Å²) in [6, 6.07) is 24.7. The van der Waals surface area contributed by atoms with Crippen LogP contribution in [-0.2, 0) is 4.74 Å². The van der Waals surface area contributed by atoms with Crippen LogP contribution in [0.1, 0.15) is 10.4 Å². The molecule has 3 aromatic heterocycles. The molecule has 4 heterocycles. The predicted molar refractivity (Wildman–Crippen MR) is 172 cm³/mol. The van der Waals surface area contributed by atoms with Gasteiger partial charge in [-0.3, -0.25) is 9.20 Å². The van der Waals surface area contributed by atoms with E-state index in [2.05, 4.69) is 32.7 Å². The van der Waals surface area contributed by atoms with Crippen molar-refractivity contribution in [2.45, 2.75) is 0 Å². The van der Waals surface area contributed by atoms with E-state index in [4.69, 9.17) is 26.3 Å². The maximum Gasteiger partial charge on any atom is 0.257 e. The normalized spacial score (nSPS) is 13.3. The van der Waals surface area contributed by atoms with Crippen molar-refractivity contribution in [3.8, 4) is 22.6 Å². The molecule has 0 spiro atoms. The molecule has 0 aliphatic carbocycles. The van der Waals surface area contributed by atoms with Crippen LogP contribution in [0.5, 0.6) is 0 Å². The van der Waals surface area contributed by atoms with Crippen molar-refractivity contribution in [2.75, 3.05) is 41.8 Å². The first-order valence-corrected chi connectivity index (χ1v) is 15.0. The number of nitrogens with one attached hydrogen (secondary N) is 2. The van der Waals surface area contributed by atoms with Crippen molar-refractivity contribution in [1.29, 1.82) is 0 Å². The molecule has 43 heavy (non-hydrogen) atoms. The van der Waals surface area contributed by atoms with Gasteiger partial charge in [0, 0.05) is 53.5 Å². The summed E-state index contributed by atoms with van der Waals surface area (Å²) >= 11 is 7.78. The smallest absolute Gasteiger partial charge is 0.257 e. The lowest BCUT2D eigenvalue weighted by Gasteiger charge is -2.28. The van der Waals surface area contributed by atoms with Gasteiger partial charge in [-0.25, -0.2) is 15.0 Å². The second kappa shape index (κ2) is 11.8. The van der Waals surface area contributed by atoms with E-state index >= 15 is 0 Å². The van der Waals surface area contributed by atoms with Crippen LogP contribution >= 0.6 is 22.9 Å². The SMILES string of the molecule is O=C(Nc1cccc(-c2nc3sccn3c2-c2ccnc(Nc3ccc(N4CCOCC4)cc3)n2)c1)c1ccccc1Cl. The first-order valence-electron chi connectivity index (χ1n) is 13.8. The van der Waals surface area contributed by atoms with Crippen LogP contribution in [0.15, 0.2) is 96.6 Å². The van der Waals surface area contributed by atoms with Crippen LogP contribution in [0, 0.1) is 0 Å². The first kappa shape index (κ1) is 27.1. The molecule has 1 fully saturated rings. The zero-order valence-corrected chi connectivity index (χ0v) is 24.5.